The number of anilines is 3. The van der Waals surface area contributed by atoms with Crippen molar-refractivity contribution < 1.29 is 9.13 Å². The Balaban J connectivity index is 1.78. The minimum Gasteiger partial charge on any atom is -0.378 e. The summed E-state index contributed by atoms with van der Waals surface area (Å²) < 4.78 is 18.5. The van der Waals surface area contributed by atoms with Crippen molar-refractivity contribution in [3.8, 4) is 0 Å². The second kappa shape index (κ2) is 7.84. The molecule has 0 bridgehead atoms. The summed E-state index contributed by atoms with van der Waals surface area (Å²) in [6.07, 6.45) is 1.51. The predicted octanol–water partition coefficient (Wildman–Crippen LogP) is 1.36. The van der Waals surface area contributed by atoms with E-state index >= 15 is 0 Å². The topological polar surface area (TPSA) is 78.8 Å². The maximum atomic E-state index is 13.2. The molecule has 0 amide bonds. The first-order valence-corrected chi connectivity index (χ1v) is 7.92. The van der Waals surface area contributed by atoms with Crippen molar-refractivity contribution in [2.45, 2.75) is 0 Å². The van der Waals surface area contributed by atoms with Gasteiger partial charge in [-0.2, -0.15) is 20.1 Å². The molecule has 1 aliphatic heterocycles. The van der Waals surface area contributed by atoms with Crippen molar-refractivity contribution in [2.24, 2.45) is 5.10 Å². The molecule has 9 heteroatoms. The third-order valence-electron chi connectivity index (χ3n) is 3.53. The summed E-state index contributed by atoms with van der Waals surface area (Å²) in [6.45, 7) is 2.73. The molecule has 1 N–H and O–H groups in total. The van der Waals surface area contributed by atoms with Crippen LogP contribution in [0.25, 0.3) is 0 Å². The van der Waals surface area contributed by atoms with Crippen LogP contribution in [0.5, 0.6) is 0 Å². The minimum absolute atomic E-state index is 0.311. The summed E-state index contributed by atoms with van der Waals surface area (Å²) in [6, 6.07) is 6.16. The number of nitrogens with zero attached hydrogens (tertiary/aromatic N) is 6. The van der Waals surface area contributed by atoms with Crippen LogP contribution in [0.2, 0.25) is 0 Å². The van der Waals surface area contributed by atoms with Gasteiger partial charge in [-0.15, -0.1) is 0 Å². The zero-order valence-corrected chi connectivity index (χ0v) is 14.2. The third kappa shape index (κ3) is 4.60. The molecular formula is C16H20FN7O. The first kappa shape index (κ1) is 17.0. The monoisotopic (exact) mass is 345 g/mol. The van der Waals surface area contributed by atoms with E-state index in [2.05, 4.69) is 25.5 Å². The molecular weight excluding hydrogens is 325 g/mol. The van der Waals surface area contributed by atoms with Gasteiger partial charge in [0, 0.05) is 27.2 Å². The van der Waals surface area contributed by atoms with Crippen molar-refractivity contribution in [3.05, 3.63) is 35.6 Å². The fraction of sp³-hybridized carbons (Fsp3) is 0.375. The van der Waals surface area contributed by atoms with E-state index < -0.39 is 0 Å². The number of nitrogens with one attached hydrogen (secondary N) is 1. The van der Waals surface area contributed by atoms with Crippen LogP contribution < -0.4 is 15.2 Å². The molecule has 0 spiro atoms. The van der Waals surface area contributed by atoms with Gasteiger partial charge in [0.15, 0.2) is 0 Å². The molecule has 0 atom stereocenters. The molecule has 1 fully saturated rings. The lowest BCUT2D eigenvalue weighted by atomic mass is 10.2. The molecule has 0 aliphatic carbocycles. The molecule has 2 aromatic rings. The van der Waals surface area contributed by atoms with Crippen LogP contribution in [0.4, 0.5) is 22.2 Å². The Hall–Kier alpha value is -2.81. The molecule has 132 valence electrons. The summed E-state index contributed by atoms with van der Waals surface area (Å²) >= 11 is 0. The molecule has 1 aliphatic rings. The Morgan fingerprint density at radius 1 is 1.24 bits per heavy atom. The second-order valence-corrected chi connectivity index (χ2v) is 5.68. The Morgan fingerprint density at radius 3 is 2.76 bits per heavy atom. The number of morpholine rings is 1. The average molecular weight is 345 g/mol. The lowest BCUT2D eigenvalue weighted by molar-refractivity contribution is 0.122. The van der Waals surface area contributed by atoms with Gasteiger partial charge in [-0.1, -0.05) is 12.1 Å². The van der Waals surface area contributed by atoms with Crippen molar-refractivity contribution in [3.63, 3.8) is 0 Å². The first-order chi connectivity index (χ1) is 12.1. The molecule has 3 rings (SSSR count). The van der Waals surface area contributed by atoms with Gasteiger partial charge < -0.3 is 14.5 Å². The van der Waals surface area contributed by atoms with Crippen LogP contribution in [0, 0.1) is 5.82 Å². The molecule has 1 aromatic heterocycles. The van der Waals surface area contributed by atoms with Gasteiger partial charge in [-0.05, 0) is 17.7 Å². The van der Waals surface area contributed by atoms with Gasteiger partial charge in [0.05, 0.1) is 19.4 Å². The summed E-state index contributed by atoms with van der Waals surface area (Å²) in [5.74, 6) is 1.12. The molecule has 0 radical (unpaired) electrons. The molecule has 25 heavy (non-hydrogen) atoms. The highest BCUT2D eigenvalue weighted by atomic mass is 19.1. The van der Waals surface area contributed by atoms with Crippen LogP contribution in [0.3, 0.4) is 0 Å². The lowest BCUT2D eigenvalue weighted by Gasteiger charge is -2.27. The van der Waals surface area contributed by atoms with Crippen molar-refractivity contribution >= 4 is 24.1 Å². The summed E-state index contributed by atoms with van der Waals surface area (Å²) in [5.41, 5.74) is 3.43. The fourth-order valence-electron chi connectivity index (χ4n) is 2.26. The SMILES string of the molecule is CN(C)c1nc(NN=Cc2cccc(F)c2)nc(N2CCOCC2)n1. The number of benzene rings is 1. The predicted molar refractivity (Wildman–Crippen MR) is 94.8 cm³/mol. The minimum atomic E-state index is -0.311. The largest absolute Gasteiger partial charge is 0.378 e. The van der Waals surface area contributed by atoms with Gasteiger partial charge >= 0.3 is 0 Å². The highest BCUT2D eigenvalue weighted by molar-refractivity contribution is 5.79. The van der Waals surface area contributed by atoms with Gasteiger partial charge in [0.2, 0.25) is 17.8 Å². The highest BCUT2D eigenvalue weighted by Crippen LogP contribution is 2.16. The standard InChI is InChI=1S/C16H20FN7O/c1-23(2)15-19-14(20-16(21-15)24-6-8-25-9-7-24)22-18-11-12-4-3-5-13(17)10-12/h3-5,10-11H,6-9H2,1-2H3,(H,19,20,21,22). The Kier molecular flexibility index (Phi) is 5.34. The van der Waals surface area contributed by atoms with Crippen LogP contribution in [0.1, 0.15) is 5.56 Å². The van der Waals surface area contributed by atoms with E-state index in [1.54, 1.807) is 17.0 Å². The Labute approximate surface area is 145 Å². The quantitative estimate of drug-likeness (QED) is 0.647. The highest BCUT2D eigenvalue weighted by Gasteiger charge is 2.17. The van der Waals surface area contributed by atoms with E-state index in [4.69, 9.17) is 4.74 Å². The summed E-state index contributed by atoms with van der Waals surface area (Å²) in [7, 11) is 3.72. The molecule has 1 aromatic carbocycles. The molecule has 0 unspecified atom stereocenters. The number of hydrazone groups is 1. The average Bonchev–Trinajstić information content (AvgIpc) is 2.62. The summed E-state index contributed by atoms with van der Waals surface area (Å²) in [5, 5.41) is 4.08. The fourth-order valence-corrected chi connectivity index (χ4v) is 2.26. The van der Waals surface area contributed by atoms with Crippen molar-refractivity contribution in [1.29, 1.82) is 0 Å². The molecule has 2 heterocycles. The smallest absolute Gasteiger partial charge is 0.250 e. The van der Waals surface area contributed by atoms with E-state index in [1.807, 2.05) is 19.0 Å². The van der Waals surface area contributed by atoms with E-state index in [-0.39, 0.29) is 5.82 Å². The van der Waals surface area contributed by atoms with Crippen LogP contribution >= 0.6 is 0 Å². The van der Waals surface area contributed by atoms with Crippen LogP contribution in [-0.4, -0.2) is 61.6 Å². The van der Waals surface area contributed by atoms with Crippen molar-refractivity contribution in [2.75, 3.05) is 55.6 Å². The van der Waals surface area contributed by atoms with E-state index in [0.29, 0.717) is 36.6 Å². The zero-order chi connectivity index (χ0) is 17.6. The normalized spacial score (nSPS) is 14.8. The van der Waals surface area contributed by atoms with Gasteiger partial charge in [0.25, 0.3) is 0 Å². The number of aromatic nitrogens is 3. The van der Waals surface area contributed by atoms with E-state index in [1.165, 1.54) is 18.3 Å². The molecule has 8 nitrogen and oxygen atoms in total. The first-order valence-electron chi connectivity index (χ1n) is 7.92. The maximum Gasteiger partial charge on any atom is 0.250 e. The van der Waals surface area contributed by atoms with Gasteiger partial charge in [-0.25, -0.2) is 9.82 Å². The number of rotatable bonds is 5. The maximum absolute atomic E-state index is 13.2. The van der Waals surface area contributed by atoms with Crippen LogP contribution in [-0.2, 0) is 4.74 Å². The zero-order valence-electron chi connectivity index (χ0n) is 14.2. The van der Waals surface area contributed by atoms with Gasteiger partial charge in [-0.3, -0.25) is 0 Å². The van der Waals surface area contributed by atoms with E-state index in [0.717, 1.165) is 13.1 Å². The Bertz CT molecular complexity index is 747. The Morgan fingerprint density at radius 2 is 2.04 bits per heavy atom. The number of hydrogen-bond acceptors (Lipinski definition) is 8. The van der Waals surface area contributed by atoms with Gasteiger partial charge in [0.1, 0.15) is 5.82 Å². The van der Waals surface area contributed by atoms with Crippen molar-refractivity contribution in [1.82, 2.24) is 15.0 Å². The lowest BCUT2D eigenvalue weighted by Crippen LogP contribution is -2.37. The second-order valence-electron chi connectivity index (χ2n) is 5.68. The van der Waals surface area contributed by atoms with Crippen LogP contribution in [0.15, 0.2) is 29.4 Å². The number of ether oxygens (including phenoxy) is 1. The number of hydrogen-bond donors (Lipinski definition) is 1. The molecule has 1 saturated heterocycles. The van der Waals surface area contributed by atoms with E-state index in [9.17, 15) is 4.39 Å². The molecule has 0 saturated carbocycles. The third-order valence-corrected chi connectivity index (χ3v) is 3.53. The number of halogens is 1. The summed E-state index contributed by atoms with van der Waals surface area (Å²) in [4.78, 5) is 17.0.